The maximum absolute atomic E-state index is 2.42. The zero-order valence-corrected chi connectivity index (χ0v) is 23.3. The molecule has 8 rings (SSSR count). The molecule has 0 N–H and O–H groups in total. The van der Waals surface area contributed by atoms with Crippen molar-refractivity contribution in [1.29, 1.82) is 0 Å². The molecule has 0 unspecified atom stereocenters. The van der Waals surface area contributed by atoms with Crippen LogP contribution in [0.5, 0.6) is 0 Å². The van der Waals surface area contributed by atoms with Gasteiger partial charge in [0.1, 0.15) is 0 Å². The van der Waals surface area contributed by atoms with Crippen molar-refractivity contribution in [2.75, 3.05) is 0 Å². The van der Waals surface area contributed by atoms with E-state index in [4.69, 9.17) is 0 Å². The second-order valence-corrected chi connectivity index (χ2v) is 10.9. The first-order valence-corrected chi connectivity index (χ1v) is 14.4. The molecule has 0 saturated carbocycles. The zero-order chi connectivity index (χ0) is 27.5. The van der Waals surface area contributed by atoms with Crippen LogP contribution in [0.15, 0.2) is 134 Å². The van der Waals surface area contributed by atoms with E-state index in [1.807, 2.05) is 0 Å². The van der Waals surface area contributed by atoms with Gasteiger partial charge in [0.2, 0.25) is 0 Å². The lowest BCUT2D eigenvalue weighted by Crippen LogP contribution is -1.96. The van der Waals surface area contributed by atoms with Crippen LogP contribution in [0.2, 0.25) is 0 Å². The number of aryl methyl sites for hydroxylation is 2. The minimum atomic E-state index is 0.948. The highest BCUT2D eigenvalue weighted by molar-refractivity contribution is 6.01. The van der Waals surface area contributed by atoms with E-state index >= 15 is 0 Å². The fourth-order valence-electron chi connectivity index (χ4n) is 6.82. The van der Waals surface area contributed by atoms with Crippen molar-refractivity contribution >= 4 is 32.6 Å². The Bertz CT molecular complexity index is 2260. The minimum Gasteiger partial charge on any atom is -0.314 e. The summed E-state index contributed by atoms with van der Waals surface area (Å²) >= 11 is 0. The Hall–Kier alpha value is -5.08. The van der Waals surface area contributed by atoms with Crippen LogP contribution in [0, 0.1) is 6.92 Å². The molecule has 4 aromatic heterocycles. The molecule has 4 aromatic carbocycles. The summed E-state index contributed by atoms with van der Waals surface area (Å²) in [5, 5.41) is 5.05. The number of hydrogen-bond donors (Lipinski definition) is 0. The van der Waals surface area contributed by atoms with Gasteiger partial charge in [-0.15, -0.1) is 0 Å². The van der Waals surface area contributed by atoms with Gasteiger partial charge in [-0.3, -0.25) is 0 Å². The number of nitrogens with zero attached hydrogens (tertiary/aromatic N) is 2. The Labute approximate surface area is 239 Å². The van der Waals surface area contributed by atoms with E-state index in [0.29, 0.717) is 0 Å². The first-order valence-electron chi connectivity index (χ1n) is 14.4. The quantitative estimate of drug-likeness (QED) is 0.216. The van der Waals surface area contributed by atoms with Gasteiger partial charge < -0.3 is 8.80 Å². The normalized spacial score (nSPS) is 11.8. The molecule has 0 aliphatic heterocycles. The van der Waals surface area contributed by atoms with Gasteiger partial charge in [0.15, 0.2) is 0 Å². The lowest BCUT2D eigenvalue weighted by Gasteiger charge is -2.14. The van der Waals surface area contributed by atoms with Crippen molar-refractivity contribution in [1.82, 2.24) is 8.80 Å². The fraction of sp³-hybridized carbons (Fsp3) is 0.0769. The highest BCUT2D eigenvalue weighted by atomic mass is 15.0. The van der Waals surface area contributed by atoms with E-state index < -0.39 is 0 Å². The molecule has 0 aliphatic rings. The van der Waals surface area contributed by atoms with Crippen LogP contribution in [-0.4, -0.2) is 8.80 Å². The van der Waals surface area contributed by atoms with Crippen LogP contribution < -0.4 is 0 Å². The molecule has 0 fully saturated rings. The van der Waals surface area contributed by atoms with Crippen LogP contribution in [-0.2, 0) is 6.42 Å². The van der Waals surface area contributed by atoms with Gasteiger partial charge in [-0.1, -0.05) is 91.9 Å². The average Bonchev–Trinajstić information content (AvgIpc) is 3.52. The fourth-order valence-corrected chi connectivity index (χ4v) is 6.82. The molecule has 4 heterocycles. The van der Waals surface area contributed by atoms with Gasteiger partial charge in [-0.25, -0.2) is 0 Å². The zero-order valence-electron chi connectivity index (χ0n) is 23.3. The van der Waals surface area contributed by atoms with Crippen molar-refractivity contribution in [3.8, 4) is 33.6 Å². The third-order valence-electron chi connectivity index (χ3n) is 8.70. The summed E-state index contributed by atoms with van der Waals surface area (Å²) in [5.41, 5.74) is 12.8. The van der Waals surface area contributed by atoms with Crippen molar-refractivity contribution in [2.45, 2.75) is 20.3 Å². The third kappa shape index (κ3) is 3.57. The number of rotatable bonds is 4. The molecule has 41 heavy (non-hydrogen) atoms. The molecular weight excluding hydrogens is 496 g/mol. The van der Waals surface area contributed by atoms with Gasteiger partial charge >= 0.3 is 0 Å². The number of pyridine rings is 2. The van der Waals surface area contributed by atoms with E-state index in [9.17, 15) is 0 Å². The predicted molar refractivity (Wildman–Crippen MR) is 174 cm³/mol. The highest BCUT2D eigenvalue weighted by Crippen LogP contribution is 2.46. The maximum atomic E-state index is 2.42. The summed E-state index contributed by atoms with van der Waals surface area (Å²) < 4.78 is 4.82. The predicted octanol–water partition coefficient (Wildman–Crippen LogP) is 10.4. The van der Waals surface area contributed by atoms with E-state index in [1.165, 1.54) is 77.3 Å². The van der Waals surface area contributed by atoms with Gasteiger partial charge in [0, 0.05) is 34.6 Å². The molecule has 196 valence electrons. The van der Waals surface area contributed by atoms with Crippen molar-refractivity contribution < 1.29 is 0 Å². The number of aromatic nitrogens is 2. The molecule has 0 atom stereocenters. The SMILES string of the molecule is CCc1c(-c2ccc3ccccc3c2)c(-c2c(-c3ccc4ccccc4c3)c(C)c3ccccn23)n2ccccc12. The van der Waals surface area contributed by atoms with Crippen molar-refractivity contribution in [3.05, 3.63) is 145 Å². The summed E-state index contributed by atoms with van der Waals surface area (Å²) in [4.78, 5) is 0. The van der Waals surface area contributed by atoms with Crippen molar-refractivity contribution in [3.63, 3.8) is 0 Å². The topological polar surface area (TPSA) is 8.82 Å². The van der Waals surface area contributed by atoms with E-state index in [1.54, 1.807) is 0 Å². The molecule has 0 spiro atoms. The van der Waals surface area contributed by atoms with E-state index in [0.717, 1.165) is 6.42 Å². The van der Waals surface area contributed by atoms with Crippen LogP contribution in [0.4, 0.5) is 0 Å². The summed E-state index contributed by atoms with van der Waals surface area (Å²) in [6.45, 7) is 4.55. The lowest BCUT2D eigenvalue weighted by molar-refractivity contribution is 1.13. The molecule has 0 radical (unpaired) electrons. The molecule has 0 amide bonds. The second kappa shape index (κ2) is 9.25. The summed E-state index contributed by atoms with van der Waals surface area (Å²) in [6.07, 6.45) is 5.40. The van der Waals surface area contributed by atoms with Gasteiger partial charge in [-0.2, -0.15) is 0 Å². The van der Waals surface area contributed by atoms with E-state index in [2.05, 4.69) is 156 Å². The Morgan fingerprint density at radius 2 is 0.976 bits per heavy atom. The maximum Gasteiger partial charge on any atom is 0.0786 e. The Kier molecular flexibility index (Phi) is 5.36. The minimum absolute atomic E-state index is 0.948. The van der Waals surface area contributed by atoms with Gasteiger partial charge in [0.05, 0.1) is 11.4 Å². The Morgan fingerprint density at radius 1 is 0.488 bits per heavy atom. The summed E-state index contributed by atoms with van der Waals surface area (Å²) in [7, 11) is 0. The second-order valence-electron chi connectivity index (χ2n) is 10.9. The molecule has 0 saturated heterocycles. The third-order valence-corrected chi connectivity index (χ3v) is 8.70. The largest absolute Gasteiger partial charge is 0.314 e. The van der Waals surface area contributed by atoms with Crippen molar-refractivity contribution in [2.24, 2.45) is 0 Å². The van der Waals surface area contributed by atoms with E-state index in [-0.39, 0.29) is 0 Å². The molecule has 0 aliphatic carbocycles. The monoisotopic (exact) mass is 526 g/mol. The molecule has 0 bridgehead atoms. The van der Waals surface area contributed by atoms with Crippen LogP contribution >= 0.6 is 0 Å². The molecule has 2 nitrogen and oxygen atoms in total. The Morgan fingerprint density at radius 3 is 1.59 bits per heavy atom. The lowest BCUT2D eigenvalue weighted by atomic mass is 9.92. The average molecular weight is 527 g/mol. The highest BCUT2D eigenvalue weighted by Gasteiger charge is 2.27. The standard InChI is InChI=1S/C39H30N2/c1-3-33-35-17-9-11-23-41(35)39(37(33)32-21-19-28-13-5-7-15-30(28)25-32)38-36(26(2)34-16-8-10-22-40(34)38)31-20-18-27-12-4-6-14-29(27)24-31/h4-25H,3H2,1-2H3. The number of fused-ring (bicyclic) bond motifs is 4. The Balaban J connectivity index is 1.54. The summed E-state index contributed by atoms with van der Waals surface area (Å²) in [5.74, 6) is 0. The summed E-state index contributed by atoms with van der Waals surface area (Å²) in [6, 6.07) is 44.3. The first-order chi connectivity index (χ1) is 20.2. The van der Waals surface area contributed by atoms with Crippen LogP contribution in [0.3, 0.4) is 0 Å². The van der Waals surface area contributed by atoms with Crippen LogP contribution in [0.1, 0.15) is 18.1 Å². The number of benzene rings is 4. The number of hydrogen-bond acceptors (Lipinski definition) is 0. The molecule has 2 heteroatoms. The molecule has 8 aromatic rings. The van der Waals surface area contributed by atoms with Crippen LogP contribution in [0.25, 0.3) is 66.2 Å². The molecular formula is C39H30N2. The van der Waals surface area contributed by atoms with Gasteiger partial charge in [0.25, 0.3) is 0 Å². The van der Waals surface area contributed by atoms with Gasteiger partial charge in [-0.05, 0) is 93.5 Å². The smallest absolute Gasteiger partial charge is 0.0786 e. The first kappa shape index (κ1) is 23.8.